The van der Waals surface area contributed by atoms with Gasteiger partial charge in [0, 0.05) is 0 Å². The Balaban J connectivity index is 2.49. The highest BCUT2D eigenvalue weighted by Gasteiger charge is 1.95. The van der Waals surface area contributed by atoms with Gasteiger partial charge in [0.25, 0.3) is 0 Å². The van der Waals surface area contributed by atoms with Gasteiger partial charge in [-0.25, -0.2) is 0 Å². The van der Waals surface area contributed by atoms with Gasteiger partial charge in [0.15, 0.2) is 0 Å². The maximum Gasteiger partial charge on any atom is 0.0765 e. The van der Waals surface area contributed by atoms with Crippen molar-refractivity contribution in [3.63, 3.8) is 0 Å². The molecule has 2 aromatic rings. The third-order valence-corrected chi connectivity index (χ3v) is 2.49. The van der Waals surface area contributed by atoms with Crippen LogP contribution in [0.25, 0.3) is 16.8 Å². The van der Waals surface area contributed by atoms with Crippen LogP contribution in [0.5, 0.6) is 0 Å². The van der Waals surface area contributed by atoms with E-state index in [1.807, 2.05) is 30.3 Å². The lowest BCUT2D eigenvalue weighted by atomic mass is 10.0. The highest BCUT2D eigenvalue weighted by atomic mass is 16.4. The Hall–Kier alpha value is -2.09. The zero-order valence-corrected chi connectivity index (χ0v) is 9.09. The van der Waals surface area contributed by atoms with Crippen LogP contribution < -0.4 is 0 Å². The van der Waals surface area contributed by atoms with E-state index in [1.165, 1.54) is 10.8 Å². The normalized spacial score (nSPS) is 12.4. The topological polar surface area (TPSA) is 32.6 Å². The standard InChI is InChI=1S/C14H13NO/c1-11(15-16)9-10-13-7-4-6-12-5-2-3-8-14(12)13/h2-10,16H,1H3/b10-9+,15-11+. The SMILES string of the molecule is CC(/C=C/c1cccc2ccccc12)=N\O. The van der Waals surface area contributed by atoms with Crippen molar-refractivity contribution in [2.24, 2.45) is 5.16 Å². The van der Waals surface area contributed by atoms with E-state index >= 15 is 0 Å². The van der Waals surface area contributed by atoms with E-state index in [2.05, 4.69) is 23.4 Å². The van der Waals surface area contributed by atoms with Gasteiger partial charge < -0.3 is 5.21 Å². The Morgan fingerprint density at radius 3 is 2.69 bits per heavy atom. The van der Waals surface area contributed by atoms with E-state index in [9.17, 15) is 0 Å². The Morgan fingerprint density at radius 1 is 1.12 bits per heavy atom. The summed E-state index contributed by atoms with van der Waals surface area (Å²) in [5.41, 5.74) is 1.72. The average molecular weight is 211 g/mol. The molecule has 0 atom stereocenters. The molecule has 2 heteroatoms. The lowest BCUT2D eigenvalue weighted by Gasteiger charge is -2.01. The summed E-state index contributed by atoms with van der Waals surface area (Å²) in [5.74, 6) is 0. The van der Waals surface area contributed by atoms with E-state index in [1.54, 1.807) is 13.0 Å². The first-order valence-electron chi connectivity index (χ1n) is 5.16. The van der Waals surface area contributed by atoms with Gasteiger partial charge in [-0.3, -0.25) is 0 Å². The second kappa shape index (κ2) is 4.62. The summed E-state index contributed by atoms with van der Waals surface area (Å²) >= 11 is 0. The third-order valence-electron chi connectivity index (χ3n) is 2.49. The molecule has 0 saturated heterocycles. The molecule has 2 rings (SSSR count). The van der Waals surface area contributed by atoms with Crippen LogP contribution >= 0.6 is 0 Å². The average Bonchev–Trinajstić information content (AvgIpc) is 2.35. The lowest BCUT2D eigenvalue weighted by molar-refractivity contribution is 0.319. The Labute approximate surface area is 94.5 Å². The minimum atomic E-state index is 0.591. The summed E-state index contributed by atoms with van der Waals surface area (Å²) in [6.07, 6.45) is 3.75. The Morgan fingerprint density at radius 2 is 1.88 bits per heavy atom. The van der Waals surface area contributed by atoms with E-state index in [0.29, 0.717) is 5.71 Å². The van der Waals surface area contributed by atoms with Gasteiger partial charge in [-0.05, 0) is 29.3 Å². The van der Waals surface area contributed by atoms with Gasteiger partial charge in [0.2, 0.25) is 0 Å². The number of nitrogens with zero attached hydrogens (tertiary/aromatic N) is 1. The van der Waals surface area contributed by atoms with Crippen LogP contribution in [0.3, 0.4) is 0 Å². The molecule has 0 fully saturated rings. The molecular weight excluding hydrogens is 198 g/mol. The number of hydrogen-bond donors (Lipinski definition) is 1. The molecule has 0 aliphatic rings. The van der Waals surface area contributed by atoms with Gasteiger partial charge in [-0.2, -0.15) is 0 Å². The smallest absolute Gasteiger partial charge is 0.0765 e. The van der Waals surface area contributed by atoms with Crippen molar-refractivity contribution in [1.82, 2.24) is 0 Å². The molecule has 1 N–H and O–H groups in total. The molecule has 0 bridgehead atoms. The predicted octanol–water partition coefficient (Wildman–Crippen LogP) is 3.70. The molecule has 0 aliphatic heterocycles. The van der Waals surface area contributed by atoms with E-state index < -0.39 is 0 Å². The molecule has 16 heavy (non-hydrogen) atoms. The highest BCUT2D eigenvalue weighted by molar-refractivity contribution is 5.99. The number of rotatable bonds is 2. The summed E-state index contributed by atoms with van der Waals surface area (Å²) in [6, 6.07) is 14.4. The van der Waals surface area contributed by atoms with Gasteiger partial charge in [-0.15, -0.1) is 0 Å². The zero-order chi connectivity index (χ0) is 11.4. The minimum Gasteiger partial charge on any atom is -0.411 e. The monoisotopic (exact) mass is 211 g/mol. The molecular formula is C14H13NO. The molecule has 0 unspecified atom stereocenters. The van der Waals surface area contributed by atoms with Gasteiger partial charge >= 0.3 is 0 Å². The minimum absolute atomic E-state index is 0.591. The molecule has 0 radical (unpaired) electrons. The molecule has 80 valence electrons. The number of benzene rings is 2. The molecule has 0 spiro atoms. The van der Waals surface area contributed by atoms with Crippen LogP contribution in [0.2, 0.25) is 0 Å². The van der Waals surface area contributed by atoms with Gasteiger partial charge in [0.05, 0.1) is 5.71 Å². The first-order valence-corrected chi connectivity index (χ1v) is 5.16. The first kappa shape index (κ1) is 10.4. The van der Waals surface area contributed by atoms with Crippen molar-refractivity contribution in [3.8, 4) is 0 Å². The van der Waals surface area contributed by atoms with Crippen molar-refractivity contribution in [3.05, 3.63) is 54.1 Å². The maximum atomic E-state index is 8.56. The van der Waals surface area contributed by atoms with Crippen LogP contribution in [-0.4, -0.2) is 10.9 Å². The Kier molecular flexibility index (Phi) is 3.01. The van der Waals surface area contributed by atoms with Crippen LogP contribution in [-0.2, 0) is 0 Å². The summed E-state index contributed by atoms with van der Waals surface area (Å²) in [7, 11) is 0. The fourth-order valence-electron chi connectivity index (χ4n) is 1.64. The summed E-state index contributed by atoms with van der Waals surface area (Å²) in [5, 5.41) is 14.1. The maximum absolute atomic E-state index is 8.56. The molecule has 0 aliphatic carbocycles. The van der Waals surface area contributed by atoms with Crippen LogP contribution in [0.15, 0.2) is 53.7 Å². The summed E-state index contributed by atoms with van der Waals surface area (Å²) < 4.78 is 0. The zero-order valence-electron chi connectivity index (χ0n) is 9.09. The predicted molar refractivity (Wildman–Crippen MR) is 67.9 cm³/mol. The number of hydrogen-bond acceptors (Lipinski definition) is 2. The van der Waals surface area contributed by atoms with Crippen LogP contribution in [0.4, 0.5) is 0 Å². The third kappa shape index (κ3) is 2.11. The van der Waals surface area contributed by atoms with E-state index in [0.717, 1.165) is 5.56 Å². The van der Waals surface area contributed by atoms with Gasteiger partial charge in [-0.1, -0.05) is 53.7 Å². The quantitative estimate of drug-likeness (QED) is 0.458. The number of fused-ring (bicyclic) bond motifs is 1. The molecule has 0 saturated carbocycles. The fraction of sp³-hybridized carbons (Fsp3) is 0.0714. The van der Waals surface area contributed by atoms with Crippen molar-refractivity contribution < 1.29 is 5.21 Å². The highest BCUT2D eigenvalue weighted by Crippen LogP contribution is 2.19. The molecule has 0 amide bonds. The second-order valence-electron chi connectivity index (χ2n) is 3.64. The molecule has 0 heterocycles. The van der Waals surface area contributed by atoms with Crippen molar-refractivity contribution in [2.45, 2.75) is 6.92 Å². The van der Waals surface area contributed by atoms with E-state index in [-0.39, 0.29) is 0 Å². The fourth-order valence-corrected chi connectivity index (χ4v) is 1.64. The summed E-state index contributed by atoms with van der Waals surface area (Å²) in [6.45, 7) is 1.75. The Bertz CT molecular complexity index is 550. The first-order chi connectivity index (χ1) is 7.81. The largest absolute Gasteiger partial charge is 0.411 e. The number of oxime groups is 1. The molecule has 0 aromatic heterocycles. The molecule has 2 nitrogen and oxygen atoms in total. The lowest BCUT2D eigenvalue weighted by Crippen LogP contribution is -1.83. The second-order valence-corrected chi connectivity index (χ2v) is 3.64. The van der Waals surface area contributed by atoms with Crippen molar-refractivity contribution in [2.75, 3.05) is 0 Å². The van der Waals surface area contributed by atoms with Crippen molar-refractivity contribution >= 4 is 22.6 Å². The van der Waals surface area contributed by atoms with Crippen molar-refractivity contribution in [1.29, 1.82) is 0 Å². The molecule has 2 aromatic carbocycles. The van der Waals surface area contributed by atoms with E-state index in [4.69, 9.17) is 5.21 Å². The van der Waals surface area contributed by atoms with Crippen LogP contribution in [0, 0.1) is 0 Å². The van der Waals surface area contributed by atoms with Gasteiger partial charge in [0.1, 0.15) is 0 Å². The number of allylic oxidation sites excluding steroid dienone is 1. The summed E-state index contributed by atoms with van der Waals surface area (Å²) in [4.78, 5) is 0. The van der Waals surface area contributed by atoms with Crippen LogP contribution in [0.1, 0.15) is 12.5 Å².